The van der Waals surface area contributed by atoms with Gasteiger partial charge < -0.3 is 5.32 Å². The molecule has 0 unspecified atom stereocenters. The molecule has 4 heteroatoms. The van der Waals surface area contributed by atoms with Crippen LogP contribution in [0.3, 0.4) is 0 Å². The van der Waals surface area contributed by atoms with Gasteiger partial charge in [-0.3, -0.25) is 0 Å². The van der Waals surface area contributed by atoms with Crippen molar-refractivity contribution in [2.75, 3.05) is 5.32 Å². The zero-order chi connectivity index (χ0) is 15.0. The molecule has 2 aromatic rings. The highest BCUT2D eigenvalue weighted by Crippen LogP contribution is 2.40. The van der Waals surface area contributed by atoms with Gasteiger partial charge in [-0.05, 0) is 61.1 Å². The lowest BCUT2D eigenvalue weighted by molar-refractivity contribution is 0.373. The van der Waals surface area contributed by atoms with E-state index < -0.39 is 0 Å². The summed E-state index contributed by atoms with van der Waals surface area (Å²) in [5, 5.41) is 4.82. The summed E-state index contributed by atoms with van der Waals surface area (Å²) in [7, 11) is 0. The maximum Gasteiger partial charge on any atom is 0.123 e. The van der Waals surface area contributed by atoms with Crippen LogP contribution in [0.25, 0.3) is 0 Å². The molecular weight excluding hydrogens is 308 g/mol. The van der Waals surface area contributed by atoms with E-state index >= 15 is 0 Å². The van der Waals surface area contributed by atoms with Gasteiger partial charge in [0.25, 0.3) is 0 Å². The van der Waals surface area contributed by atoms with E-state index in [1.54, 1.807) is 12.1 Å². The Labute approximate surface area is 134 Å². The van der Waals surface area contributed by atoms with Crippen LogP contribution in [0.15, 0.2) is 36.4 Å². The molecule has 1 N–H and O–H groups in total. The molecule has 0 aliphatic heterocycles. The van der Waals surface area contributed by atoms with Crippen LogP contribution in [-0.4, -0.2) is 6.04 Å². The second-order valence-corrected chi connectivity index (χ2v) is 6.46. The highest BCUT2D eigenvalue weighted by Gasteiger charge is 2.30. The Morgan fingerprint density at radius 3 is 2.57 bits per heavy atom. The first-order valence-corrected chi connectivity index (χ1v) is 7.76. The third kappa shape index (κ3) is 3.17. The van der Waals surface area contributed by atoms with Crippen LogP contribution in [0.5, 0.6) is 0 Å². The van der Waals surface area contributed by atoms with Crippen molar-refractivity contribution in [1.29, 1.82) is 0 Å². The molecule has 1 aliphatic rings. The predicted molar refractivity (Wildman–Crippen MR) is 87.0 cm³/mol. The number of hydrogen-bond donors (Lipinski definition) is 1. The van der Waals surface area contributed by atoms with Gasteiger partial charge in [-0.25, -0.2) is 4.39 Å². The minimum absolute atomic E-state index is 0.169. The quantitative estimate of drug-likeness (QED) is 0.752. The molecular formula is C17H16Cl2FN. The molecule has 0 saturated heterocycles. The van der Waals surface area contributed by atoms with Gasteiger partial charge >= 0.3 is 0 Å². The second-order valence-electron chi connectivity index (χ2n) is 5.65. The first kappa shape index (κ1) is 14.7. The van der Waals surface area contributed by atoms with Gasteiger partial charge in [0.2, 0.25) is 0 Å². The molecule has 2 aromatic carbocycles. The lowest BCUT2D eigenvalue weighted by Crippen LogP contribution is -2.34. The average Bonchev–Trinajstić information content (AvgIpc) is 2.39. The summed E-state index contributed by atoms with van der Waals surface area (Å²) in [6, 6.07) is 10.9. The van der Waals surface area contributed by atoms with Crippen molar-refractivity contribution in [1.82, 2.24) is 0 Å². The van der Waals surface area contributed by atoms with E-state index in [1.165, 1.54) is 6.07 Å². The predicted octanol–water partition coefficient (Wildman–Crippen LogP) is 5.80. The van der Waals surface area contributed by atoms with Crippen molar-refractivity contribution in [3.8, 4) is 0 Å². The Hall–Kier alpha value is -1.25. The maximum atomic E-state index is 13.2. The Balaban J connectivity index is 1.64. The Morgan fingerprint density at radius 1 is 1.10 bits per heavy atom. The second kappa shape index (κ2) is 5.86. The molecule has 0 bridgehead atoms. The fourth-order valence-corrected chi connectivity index (χ4v) is 3.18. The average molecular weight is 324 g/mol. The molecule has 21 heavy (non-hydrogen) atoms. The summed E-state index contributed by atoms with van der Waals surface area (Å²) >= 11 is 12.4. The van der Waals surface area contributed by atoms with Crippen LogP contribution in [0.2, 0.25) is 10.0 Å². The maximum absolute atomic E-state index is 13.2. The first-order valence-electron chi connectivity index (χ1n) is 7.00. The highest BCUT2D eigenvalue weighted by atomic mass is 35.5. The van der Waals surface area contributed by atoms with Crippen LogP contribution < -0.4 is 5.32 Å². The summed E-state index contributed by atoms with van der Waals surface area (Å²) < 4.78 is 13.2. The van der Waals surface area contributed by atoms with Crippen LogP contribution in [0.1, 0.15) is 29.9 Å². The van der Waals surface area contributed by atoms with Crippen molar-refractivity contribution >= 4 is 28.9 Å². The number of benzene rings is 2. The van der Waals surface area contributed by atoms with Crippen LogP contribution >= 0.6 is 23.2 Å². The van der Waals surface area contributed by atoms with Crippen LogP contribution in [-0.2, 0) is 0 Å². The lowest BCUT2D eigenvalue weighted by atomic mass is 9.76. The molecule has 0 amide bonds. The Kier molecular flexibility index (Phi) is 4.10. The third-order valence-corrected chi connectivity index (χ3v) is 4.79. The molecule has 1 aliphatic carbocycles. The summed E-state index contributed by atoms with van der Waals surface area (Å²) in [5.41, 5.74) is 2.91. The van der Waals surface area contributed by atoms with Gasteiger partial charge in [-0.15, -0.1) is 0 Å². The van der Waals surface area contributed by atoms with E-state index in [4.69, 9.17) is 23.2 Å². The van der Waals surface area contributed by atoms with Crippen LogP contribution in [0.4, 0.5) is 10.1 Å². The van der Waals surface area contributed by atoms with Crippen molar-refractivity contribution in [3.63, 3.8) is 0 Å². The molecule has 1 fully saturated rings. The fraction of sp³-hybridized carbons (Fsp3) is 0.294. The van der Waals surface area contributed by atoms with Crippen LogP contribution in [0, 0.1) is 12.7 Å². The number of halogens is 3. The molecule has 1 saturated carbocycles. The standard InChI is InChI=1S/C17H16Cl2FN/c1-10-5-16(19)17(9-15(10)18)21-14-7-12(8-14)11-3-2-4-13(20)6-11/h2-6,9,12,14,21H,7-8H2,1H3. The SMILES string of the molecule is Cc1cc(Cl)c(NC2CC(c3cccc(F)c3)C2)cc1Cl. The summed E-state index contributed by atoms with van der Waals surface area (Å²) in [4.78, 5) is 0. The fourth-order valence-electron chi connectivity index (χ4n) is 2.75. The van der Waals surface area contributed by atoms with Crippen molar-refractivity contribution in [2.24, 2.45) is 0 Å². The lowest BCUT2D eigenvalue weighted by Gasteiger charge is -2.37. The van der Waals surface area contributed by atoms with E-state index in [-0.39, 0.29) is 5.82 Å². The van der Waals surface area contributed by atoms with Gasteiger partial charge in [0, 0.05) is 11.1 Å². The van der Waals surface area contributed by atoms with Crippen molar-refractivity contribution in [3.05, 3.63) is 63.4 Å². The molecule has 3 rings (SSSR count). The Bertz CT molecular complexity index is 666. The van der Waals surface area contributed by atoms with Gasteiger partial charge in [-0.1, -0.05) is 35.3 Å². The van der Waals surface area contributed by atoms with Gasteiger partial charge in [0.05, 0.1) is 10.7 Å². The molecule has 110 valence electrons. The normalized spacial score (nSPS) is 21.0. The summed E-state index contributed by atoms with van der Waals surface area (Å²) in [5.74, 6) is 0.246. The topological polar surface area (TPSA) is 12.0 Å². The number of nitrogens with one attached hydrogen (secondary N) is 1. The number of hydrogen-bond acceptors (Lipinski definition) is 1. The van der Waals surface area contributed by atoms with E-state index in [0.717, 1.165) is 29.7 Å². The summed E-state index contributed by atoms with van der Waals surface area (Å²) in [6.45, 7) is 1.93. The van der Waals surface area contributed by atoms with Gasteiger partial charge in [-0.2, -0.15) is 0 Å². The van der Waals surface area contributed by atoms with Crippen molar-refractivity contribution < 1.29 is 4.39 Å². The van der Waals surface area contributed by atoms with Gasteiger partial charge in [0.1, 0.15) is 5.82 Å². The minimum Gasteiger partial charge on any atom is -0.381 e. The molecule has 0 heterocycles. The minimum atomic E-state index is -0.169. The molecule has 0 spiro atoms. The number of rotatable bonds is 3. The zero-order valence-electron chi connectivity index (χ0n) is 11.7. The summed E-state index contributed by atoms with van der Waals surface area (Å²) in [6.07, 6.45) is 1.95. The van der Waals surface area contributed by atoms with E-state index in [1.807, 2.05) is 25.1 Å². The van der Waals surface area contributed by atoms with E-state index in [2.05, 4.69) is 5.32 Å². The molecule has 0 radical (unpaired) electrons. The van der Waals surface area contributed by atoms with Gasteiger partial charge in [0.15, 0.2) is 0 Å². The van der Waals surface area contributed by atoms with E-state index in [9.17, 15) is 4.39 Å². The van der Waals surface area contributed by atoms with Crippen molar-refractivity contribution in [2.45, 2.75) is 31.7 Å². The Morgan fingerprint density at radius 2 is 1.86 bits per heavy atom. The molecule has 0 aromatic heterocycles. The third-order valence-electron chi connectivity index (χ3n) is 4.07. The largest absolute Gasteiger partial charge is 0.381 e. The molecule has 0 atom stereocenters. The molecule has 1 nitrogen and oxygen atoms in total. The monoisotopic (exact) mass is 323 g/mol. The number of aryl methyl sites for hydroxylation is 1. The first-order chi connectivity index (χ1) is 10.0. The zero-order valence-corrected chi connectivity index (χ0v) is 13.2. The smallest absolute Gasteiger partial charge is 0.123 e. The van der Waals surface area contributed by atoms with E-state index in [0.29, 0.717) is 22.0 Å². The number of anilines is 1. The highest BCUT2D eigenvalue weighted by molar-refractivity contribution is 6.35.